The van der Waals surface area contributed by atoms with Crippen LogP contribution in [0.5, 0.6) is 0 Å². The molecular formula is C25H20ClN3O3. The fourth-order valence-corrected chi connectivity index (χ4v) is 3.51. The number of rotatable bonds is 5. The standard InChI is InChI=1S/C25H20ClN3O3/c1-15-7-3-6-10-21(15)28-24(30)17-11-13-18(14-12-17)27-25(31)22-16(2)32-29-23(22)19-8-4-5-9-20(19)26/h3-14H,1-2H3,(H,27,31)(H,28,30). The predicted molar refractivity (Wildman–Crippen MR) is 125 cm³/mol. The van der Waals surface area contributed by atoms with Gasteiger partial charge in [-0.15, -0.1) is 0 Å². The van der Waals surface area contributed by atoms with E-state index in [-0.39, 0.29) is 11.8 Å². The van der Waals surface area contributed by atoms with Gasteiger partial charge in [0, 0.05) is 22.5 Å². The van der Waals surface area contributed by atoms with Crippen LogP contribution in [0.3, 0.4) is 0 Å². The Morgan fingerprint density at radius 1 is 0.844 bits per heavy atom. The van der Waals surface area contributed by atoms with Crippen molar-refractivity contribution in [2.75, 3.05) is 10.6 Å². The molecule has 0 aliphatic carbocycles. The number of aromatic nitrogens is 1. The van der Waals surface area contributed by atoms with Crippen molar-refractivity contribution in [2.24, 2.45) is 0 Å². The van der Waals surface area contributed by atoms with E-state index in [1.807, 2.05) is 37.3 Å². The zero-order chi connectivity index (χ0) is 22.7. The lowest BCUT2D eigenvalue weighted by Gasteiger charge is -2.09. The highest BCUT2D eigenvalue weighted by Gasteiger charge is 2.23. The second-order valence-electron chi connectivity index (χ2n) is 7.24. The molecule has 4 aromatic rings. The van der Waals surface area contributed by atoms with Gasteiger partial charge in [-0.05, 0) is 55.8 Å². The van der Waals surface area contributed by atoms with Gasteiger partial charge in [-0.25, -0.2) is 0 Å². The van der Waals surface area contributed by atoms with Crippen LogP contribution in [0, 0.1) is 13.8 Å². The third-order valence-electron chi connectivity index (χ3n) is 5.02. The van der Waals surface area contributed by atoms with E-state index in [1.165, 1.54) is 0 Å². The van der Waals surface area contributed by atoms with Gasteiger partial charge in [-0.3, -0.25) is 9.59 Å². The molecule has 32 heavy (non-hydrogen) atoms. The first-order valence-corrected chi connectivity index (χ1v) is 10.3. The summed E-state index contributed by atoms with van der Waals surface area (Å²) in [4.78, 5) is 25.5. The van der Waals surface area contributed by atoms with Crippen molar-refractivity contribution in [1.82, 2.24) is 5.16 Å². The maximum absolute atomic E-state index is 13.0. The van der Waals surface area contributed by atoms with Crippen molar-refractivity contribution >= 4 is 34.8 Å². The van der Waals surface area contributed by atoms with E-state index in [0.717, 1.165) is 11.3 Å². The van der Waals surface area contributed by atoms with Crippen molar-refractivity contribution < 1.29 is 14.1 Å². The Morgan fingerprint density at radius 3 is 2.25 bits per heavy atom. The van der Waals surface area contributed by atoms with Gasteiger partial charge in [0.25, 0.3) is 11.8 Å². The molecule has 0 aliphatic heterocycles. The lowest BCUT2D eigenvalue weighted by Crippen LogP contribution is -2.15. The molecule has 0 saturated heterocycles. The largest absolute Gasteiger partial charge is 0.360 e. The summed E-state index contributed by atoms with van der Waals surface area (Å²) < 4.78 is 5.26. The van der Waals surface area contributed by atoms with E-state index in [9.17, 15) is 9.59 Å². The van der Waals surface area contributed by atoms with Crippen LogP contribution in [-0.2, 0) is 0 Å². The number of nitrogens with one attached hydrogen (secondary N) is 2. The minimum atomic E-state index is -0.379. The predicted octanol–water partition coefficient (Wildman–Crippen LogP) is 6.12. The molecule has 0 fully saturated rings. The molecule has 4 rings (SSSR count). The number of carbonyl (C=O) groups is 2. The van der Waals surface area contributed by atoms with Crippen LogP contribution >= 0.6 is 11.6 Å². The van der Waals surface area contributed by atoms with Gasteiger partial charge in [0.05, 0.1) is 5.02 Å². The number of amides is 2. The van der Waals surface area contributed by atoms with E-state index in [4.69, 9.17) is 16.1 Å². The van der Waals surface area contributed by atoms with E-state index in [1.54, 1.807) is 49.4 Å². The fraction of sp³-hybridized carbons (Fsp3) is 0.0800. The molecule has 160 valence electrons. The molecule has 2 N–H and O–H groups in total. The number of halogens is 1. The molecule has 3 aromatic carbocycles. The average molecular weight is 446 g/mol. The van der Waals surface area contributed by atoms with Crippen molar-refractivity contribution in [3.8, 4) is 11.3 Å². The van der Waals surface area contributed by atoms with Gasteiger partial charge in [0.15, 0.2) is 0 Å². The molecule has 0 atom stereocenters. The van der Waals surface area contributed by atoms with E-state index < -0.39 is 0 Å². The minimum absolute atomic E-state index is 0.229. The van der Waals surface area contributed by atoms with Gasteiger partial charge in [-0.1, -0.05) is 53.2 Å². The number of hydrogen-bond acceptors (Lipinski definition) is 4. The maximum atomic E-state index is 13.0. The SMILES string of the molecule is Cc1ccccc1NC(=O)c1ccc(NC(=O)c2c(-c3ccccc3Cl)noc2C)cc1. The van der Waals surface area contributed by atoms with Crippen molar-refractivity contribution in [2.45, 2.75) is 13.8 Å². The number of aryl methyl sites for hydroxylation is 2. The highest BCUT2D eigenvalue weighted by molar-refractivity contribution is 6.33. The van der Waals surface area contributed by atoms with Crippen LogP contribution in [0.2, 0.25) is 5.02 Å². The molecule has 7 heteroatoms. The molecular weight excluding hydrogens is 426 g/mol. The number of anilines is 2. The van der Waals surface area contributed by atoms with Gasteiger partial charge in [0.1, 0.15) is 17.0 Å². The molecule has 1 aromatic heterocycles. The van der Waals surface area contributed by atoms with Crippen LogP contribution in [0.15, 0.2) is 77.3 Å². The molecule has 2 amide bonds. The summed E-state index contributed by atoms with van der Waals surface area (Å²) in [7, 11) is 0. The van der Waals surface area contributed by atoms with Gasteiger partial charge in [-0.2, -0.15) is 0 Å². The van der Waals surface area contributed by atoms with Crippen LogP contribution in [0.1, 0.15) is 32.0 Å². The third-order valence-corrected chi connectivity index (χ3v) is 5.35. The van der Waals surface area contributed by atoms with E-state index >= 15 is 0 Å². The summed E-state index contributed by atoms with van der Waals surface area (Å²) >= 11 is 6.27. The summed E-state index contributed by atoms with van der Waals surface area (Å²) in [5.74, 6) is -0.226. The minimum Gasteiger partial charge on any atom is -0.360 e. The zero-order valence-electron chi connectivity index (χ0n) is 17.5. The molecule has 0 aliphatic rings. The molecule has 0 unspecified atom stereocenters. The summed E-state index contributed by atoms with van der Waals surface area (Å²) in [5, 5.41) is 10.2. The molecule has 0 spiro atoms. The summed E-state index contributed by atoms with van der Waals surface area (Å²) in [6, 6.07) is 21.3. The molecule has 1 heterocycles. The Kier molecular flexibility index (Phi) is 6.05. The Morgan fingerprint density at radius 2 is 1.53 bits per heavy atom. The highest BCUT2D eigenvalue weighted by atomic mass is 35.5. The van der Waals surface area contributed by atoms with E-state index in [0.29, 0.717) is 38.9 Å². The zero-order valence-corrected chi connectivity index (χ0v) is 18.2. The van der Waals surface area contributed by atoms with Gasteiger partial charge >= 0.3 is 0 Å². The number of para-hydroxylation sites is 1. The molecule has 0 bridgehead atoms. The number of hydrogen-bond donors (Lipinski definition) is 2. The van der Waals surface area contributed by atoms with Crippen molar-refractivity contribution in [3.63, 3.8) is 0 Å². The summed E-state index contributed by atoms with van der Waals surface area (Å²) in [6.45, 7) is 3.60. The second kappa shape index (κ2) is 9.08. The van der Waals surface area contributed by atoms with E-state index in [2.05, 4.69) is 15.8 Å². The number of benzene rings is 3. The Balaban J connectivity index is 1.51. The van der Waals surface area contributed by atoms with Crippen molar-refractivity contribution in [3.05, 3.63) is 100 Å². The first-order chi connectivity index (χ1) is 15.4. The lowest BCUT2D eigenvalue weighted by atomic mass is 10.1. The van der Waals surface area contributed by atoms with Crippen LogP contribution in [-0.4, -0.2) is 17.0 Å². The second-order valence-corrected chi connectivity index (χ2v) is 7.65. The summed E-state index contributed by atoms with van der Waals surface area (Å²) in [5.41, 5.74) is 4.03. The molecule has 0 radical (unpaired) electrons. The quantitative estimate of drug-likeness (QED) is 0.387. The maximum Gasteiger partial charge on any atom is 0.261 e. The number of carbonyl (C=O) groups excluding carboxylic acids is 2. The fourth-order valence-electron chi connectivity index (χ4n) is 3.28. The summed E-state index contributed by atoms with van der Waals surface area (Å²) in [6.07, 6.45) is 0. The Bertz CT molecular complexity index is 1300. The molecule has 0 saturated carbocycles. The third kappa shape index (κ3) is 4.40. The first kappa shape index (κ1) is 21.3. The lowest BCUT2D eigenvalue weighted by molar-refractivity contribution is 0.101. The van der Waals surface area contributed by atoms with Crippen molar-refractivity contribution in [1.29, 1.82) is 0 Å². The van der Waals surface area contributed by atoms with Crippen LogP contribution in [0.25, 0.3) is 11.3 Å². The van der Waals surface area contributed by atoms with Crippen LogP contribution in [0.4, 0.5) is 11.4 Å². The topological polar surface area (TPSA) is 84.2 Å². The first-order valence-electron chi connectivity index (χ1n) is 9.93. The normalized spacial score (nSPS) is 10.6. The monoisotopic (exact) mass is 445 g/mol. The highest BCUT2D eigenvalue weighted by Crippen LogP contribution is 2.31. The molecule has 6 nitrogen and oxygen atoms in total. The smallest absolute Gasteiger partial charge is 0.261 e. The average Bonchev–Trinajstić information content (AvgIpc) is 3.17. The Labute approximate surface area is 190 Å². The Hall–Kier alpha value is -3.90. The van der Waals surface area contributed by atoms with Gasteiger partial charge < -0.3 is 15.2 Å². The van der Waals surface area contributed by atoms with Gasteiger partial charge in [0.2, 0.25) is 0 Å². The number of nitrogens with zero attached hydrogens (tertiary/aromatic N) is 1. The van der Waals surface area contributed by atoms with Crippen LogP contribution < -0.4 is 10.6 Å².